The van der Waals surface area contributed by atoms with Crippen molar-refractivity contribution in [2.75, 3.05) is 0 Å². The molecule has 0 heteroatoms. The van der Waals surface area contributed by atoms with Gasteiger partial charge >= 0.3 is 0 Å². The summed E-state index contributed by atoms with van der Waals surface area (Å²) in [6.07, 6.45) is 2.25. The zero-order chi connectivity index (χ0) is 14.0. The van der Waals surface area contributed by atoms with Gasteiger partial charge in [-0.1, -0.05) is 48.5 Å². The lowest BCUT2D eigenvalue weighted by molar-refractivity contribution is 1.43. The quantitative estimate of drug-likeness (QED) is 0.452. The Morgan fingerprint density at radius 3 is 2.05 bits per heavy atom. The van der Waals surface area contributed by atoms with Gasteiger partial charge in [0.15, 0.2) is 0 Å². The molecule has 0 aliphatic heterocycles. The van der Waals surface area contributed by atoms with Gasteiger partial charge < -0.3 is 0 Å². The van der Waals surface area contributed by atoms with E-state index >= 15 is 0 Å². The van der Waals surface area contributed by atoms with E-state index in [1.165, 1.54) is 31.7 Å². The molecule has 0 radical (unpaired) electrons. The highest BCUT2D eigenvalue weighted by atomic mass is 14.1. The summed E-state index contributed by atoms with van der Waals surface area (Å²) in [4.78, 5) is 0. The second-order valence-electron chi connectivity index (χ2n) is 5.39. The number of fused-ring (bicyclic) bond motifs is 4. The van der Waals surface area contributed by atoms with Crippen LogP contribution in [0.1, 0.15) is 12.5 Å². The molecule has 0 saturated carbocycles. The average molecular weight is 253 g/mol. The van der Waals surface area contributed by atoms with Crippen LogP contribution in [0.5, 0.6) is 0 Å². The highest BCUT2D eigenvalue weighted by molar-refractivity contribution is 5.63. The Morgan fingerprint density at radius 1 is 0.600 bits per heavy atom. The molecule has 0 saturated heterocycles. The van der Waals surface area contributed by atoms with Gasteiger partial charge in [-0.3, -0.25) is 0 Å². The smallest absolute Gasteiger partial charge is 0.0616 e. The van der Waals surface area contributed by atoms with E-state index in [1.807, 2.05) is 18.2 Å². The first-order valence-electron chi connectivity index (χ1n) is 7.39. The van der Waals surface area contributed by atoms with Crippen molar-refractivity contribution < 1.29 is 1.37 Å². The summed E-state index contributed by atoms with van der Waals surface area (Å²) in [5.74, 6) is 0. The molecule has 0 atom stereocenters. The average Bonchev–Trinajstić information content (AvgIpc) is 3.02. The lowest BCUT2D eigenvalue weighted by Gasteiger charge is -1.96. The molecule has 2 aliphatic rings. The minimum Gasteiger partial charge on any atom is -0.0616 e. The second kappa shape index (κ2) is 3.49. The predicted octanol–water partition coefficient (Wildman–Crippen LogP) is 2.54. The van der Waals surface area contributed by atoms with Crippen molar-refractivity contribution in [3.8, 4) is 0 Å². The summed E-state index contributed by atoms with van der Waals surface area (Å²) in [5, 5.41) is 7.23. The largest absolute Gasteiger partial charge is 0.0636 e. The predicted molar refractivity (Wildman–Crippen MR) is 81.1 cm³/mol. The van der Waals surface area contributed by atoms with Crippen LogP contribution >= 0.6 is 0 Å². The molecule has 20 heavy (non-hydrogen) atoms. The molecular formula is C20H12. The van der Waals surface area contributed by atoms with E-state index in [0.717, 1.165) is 10.8 Å². The SMILES string of the molecule is [2H]C1=c2ccccc2=c2cc3c(cc21)=c1ccccc1=C3. The van der Waals surface area contributed by atoms with Gasteiger partial charge in [0.25, 0.3) is 0 Å². The number of hydrogen-bond acceptors (Lipinski definition) is 0. The summed E-state index contributed by atoms with van der Waals surface area (Å²) < 4.78 is 8.45. The lowest BCUT2D eigenvalue weighted by atomic mass is 10.1. The van der Waals surface area contributed by atoms with E-state index in [9.17, 15) is 0 Å². The Balaban J connectivity index is 2.08. The third-order valence-electron chi connectivity index (χ3n) is 4.24. The molecular weight excluding hydrogens is 240 g/mol. The van der Waals surface area contributed by atoms with Gasteiger partial charge in [0.2, 0.25) is 0 Å². The molecule has 0 fully saturated rings. The van der Waals surface area contributed by atoms with Gasteiger partial charge in [-0.05, 0) is 66.7 Å². The number of hydrogen-bond donors (Lipinski definition) is 0. The molecule has 0 aromatic heterocycles. The first-order chi connectivity index (χ1) is 10.3. The van der Waals surface area contributed by atoms with Crippen LogP contribution in [0.4, 0.5) is 0 Å². The van der Waals surface area contributed by atoms with Crippen LogP contribution in [-0.2, 0) is 0 Å². The topological polar surface area (TPSA) is 0 Å². The molecule has 92 valence electrons. The van der Waals surface area contributed by atoms with E-state index in [4.69, 9.17) is 1.37 Å². The van der Waals surface area contributed by atoms with Crippen molar-refractivity contribution >= 4 is 12.1 Å². The summed E-state index contributed by atoms with van der Waals surface area (Å²) in [6.45, 7) is 0. The van der Waals surface area contributed by atoms with E-state index < -0.39 is 0 Å². The van der Waals surface area contributed by atoms with Crippen molar-refractivity contribution in [1.29, 1.82) is 0 Å². The Labute approximate surface area is 117 Å². The lowest BCUT2D eigenvalue weighted by Crippen LogP contribution is -1.97. The maximum atomic E-state index is 8.45. The van der Waals surface area contributed by atoms with Gasteiger partial charge in [0, 0.05) is 0 Å². The molecule has 0 heterocycles. The standard InChI is InChI=1S/C20H12/c1-3-7-17-13(5-1)9-15-11-20-16(12-19(15)17)10-14-6-2-4-8-18(14)20/h1-12H/i9D. The highest BCUT2D eigenvalue weighted by Crippen LogP contribution is 2.17. The van der Waals surface area contributed by atoms with Crippen molar-refractivity contribution in [3.05, 3.63) is 103 Å². The van der Waals surface area contributed by atoms with Crippen LogP contribution in [0.15, 0.2) is 60.7 Å². The molecule has 0 bridgehead atoms. The summed E-state index contributed by atoms with van der Waals surface area (Å²) >= 11 is 0. The zero-order valence-corrected chi connectivity index (χ0v) is 10.9. The van der Waals surface area contributed by atoms with Gasteiger partial charge in [-0.2, -0.15) is 0 Å². The zero-order valence-electron chi connectivity index (χ0n) is 11.9. The monoisotopic (exact) mass is 253 g/mol. The van der Waals surface area contributed by atoms with Crippen molar-refractivity contribution in [3.63, 3.8) is 0 Å². The second-order valence-corrected chi connectivity index (χ2v) is 5.39. The molecule has 0 N–H and O–H groups in total. The van der Waals surface area contributed by atoms with Crippen LogP contribution in [0, 0.1) is 20.9 Å². The van der Waals surface area contributed by atoms with Gasteiger partial charge in [0.1, 0.15) is 0 Å². The fourth-order valence-electron chi connectivity index (χ4n) is 3.30. The highest BCUT2D eigenvalue weighted by Gasteiger charge is 2.07. The van der Waals surface area contributed by atoms with E-state index in [1.54, 1.807) is 0 Å². The van der Waals surface area contributed by atoms with Crippen LogP contribution in [0.25, 0.3) is 12.1 Å². The van der Waals surface area contributed by atoms with Crippen molar-refractivity contribution in [2.24, 2.45) is 0 Å². The molecule has 0 unspecified atom stereocenters. The van der Waals surface area contributed by atoms with Crippen LogP contribution < -0.4 is 10.4 Å². The fourth-order valence-corrected chi connectivity index (χ4v) is 3.30. The Bertz CT molecular complexity index is 1230. The summed E-state index contributed by atoms with van der Waals surface area (Å²) in [6, 6.07) is 21.8. The van der Waals surface area contributed by atoms with Gasteiger partial charge in [0.05, 0.1) is 1.37 Å². The molecule has 3 aromatic carbocycles. The number of rotatable bonds is 0. The Morgan fingerprint density at radius 2 is 1.20 bits per heavy atom. The molecule has 0 spiro atoms. The van der Waals surface area contributed by atoms with Gasteiger partial charge in [-0.25, -0.2) is 0 Å². The summed E-state index contributed by atoms with van der Waals surface area (Å²) in [7, 11) is 0. The van der Waals surface area contributed by atoms with E-state index in [2.05, 4.69) is 48.5 Å². The molecule has 3 aromatic rings. The first kappa shape index (κ1) is 9.33. The van der Waals surface area contributed by atoms with E-state index in [0.29, 0.717) is 6.05 Å². The van der Waals surface area contributed by atoms with Crippen LogP contribution in [0.3, 0.4) is 0 Å². The normalized spacial score (nSPS) is 14.0. The Hall–Kier alpha value is -2.60. The molecule has 2 aliphatic carbocycles. The number of benzene rings is 3. The minimum absolute atomic E-state index is 0.646. The molecule has 0 amide bonds. The Kier molecular flexibility index (Phi) is 1.63. The van der Waals surface area contributed by atoms with Crippen molar-refractivity contribution in [2.45, 2.75) is 0 Å². The first-order valence-corrected chi connectivity index (χ1v) is 6.89. The fraction of sp³-hybridized carbons (Fsp3) is 0. The molecule has 5 rings (SSSR count). The van der Waals surface area contributed by atoms with Crippen molar-refractivity contribution in [1.82, 2.24) is 0 Å². The summed E-state index contributed by atoms with van der Waals surface area (Å²) in [5.41, 5.74) is 2.32. The maximum Gasteiger partial charge on any atom is 0.0636 e. The van der Waals surface area contributed by atoms with Crippen LogP contribution in [0.2, 0.25) is 0 Å². The maximum absolute atomic E-state index is 8.45. The van der Waals surface area contributed by atoms with E-state index in [-0.39, 0.29) is 0 Å². The van der Waals surface area contributed by atoms with Gasteiger partial charge in [-0.15, -0.1) is 0 Å². The minimum atomic E-state index is 0.646. The third-order valence-corrected chi connectivity index (χ3v) is 4.24. The van der Waals surface area contributed by atoms with Crippen LogP contribution in [-0.4, -0.2) is 0 Å². The molecule has 0 nitrogen and oxygen atoms in total. The third kappa shape index (κ3) is 1.21.